The smallest absolute Gasteiger partial charge is 0.341 e. The molecule has 1 N–H and O–H groups in total. The second-order valence-corrected chi connectivity index (χ2v) is 7.96. The van der Waals surface area contributed by atoms with Crippen LogP contribution in [0.25, 0.3) is 5.57 Å². The van der Waals surface area contributed by atoms with Crippen molar-refractivity contribution in [1.29, 1.82) is 0 Å². The molecule has 2 aromatic rings. The average Bonchev–Trinajstić information content (AvgIpc) is 3.02. The lowest BCUT2D eigenvalue weighted by molar-refractivity contribution is -0.140. The summed E-state index contributed by atoms with van der Waals surface area (Å²) in [7, 11) is 0. The largest absolute Gasteiger partial charge is 0.434 e. The number of piperazine rings is 1. The molecule has 4 rings (SSSR count). The Morgan fingerprint density at radius 1 is 1.13 bits per heavy atom. The molecule has 2 heterocycles. The van der Waals surface area contributed by atoms with Gasteiger partial charge in [0.25, 0.3) is 0 Å². The maximum Gasteiger partial charge on any atom is 0.341 e. The molecule has 1 amide bonds. The SMILES string of the molecule is CC(=O)N[C@@H]1OC(=O)C(c2ccc(N3CCN(Cc4ccccc4)CC3)c(F)c2)=C1C. The molecule has 0 aromatic heterocycles. The van der Waals surface area contributed by atoms with E-state index in [1.54, 1.807) is 19.1 Å². The van der Waals surface area contributed by atoms with Crippen LogP contribution in [0, 0.1) is 5.82 Å². The summed E-state index contributed by atoms with van der Waals surface area (Å²) in [6.07, 6.45) is -0.805. The summed E-state index contributed by atoms with van der Waals surface area (Å²) in [6, 6.07) is 15.2. The minimum Gasteiger partial charge on any atom is -0.434 e. The minimum atomic E-state index is -0.805. The molecule has 1 fully saturated rings. The second-order valence-electron chi connectivity index (χ2n) is 7.96. The molecule has 0 bridgehead atoms. The first-order chi connectivity index (χ1) is 14.9. The van der Waals surface area contributed by atoms with Gasteiger partial charge >= 0.3 is 5.97 Å². The first-order valence-electron chi connectivity index (χ1n) is 10.4. The van der Waals surface area contributed by atoms with Gasteiger partial charge in [-0.2, -0.15) is 0 Å². The lowest BCUT2D eigenvalue weighted by atomic mass is 10.0. The molecular formula is C24H26FN3O3. The Hall–Kier alpha value is -3.19. The van der Waals surface area contributed by atoms with E-state index in [1.807, 2.05) is 23.1 Å². The number of carbonyl (C=O) groups is 2. The Kier molecular flexibility index (Phi) is 6.04. The number of benzene rings is 2. The number of amides is 1. The Balaban J connectivity index is 1.44. The topological polar surface area (TPSA) is 61.9 Å². The predicted molar refractivity (Wildman–Crippen MR) is 117 cm³/mol. The van der Waals surface area contributed by atoms with Crippen molar-refractivity contribution in [3.8, 4) is 0 Å². The highest BCUT2D eigenvalue weighted by molar-refractivity contribution is 6.19. The third kappa shape index (κ3) is 4.61. The van der Waals surface area contributed by atoms with E-state index < -0.39 is 12.2 Å². The number of ether oxygens (including phenoxy) is 1. The number of nitrogens with zero attached hydrogens (tertiary/aromatic N) is 2. The standard InChI is InChI=1S/C24H26FN3O3/c1-16-22(24(30)31-23(16)26-17(2)29)19-8-9-21(20(25)14-19)28-12-10-27(11-13-28)15-18-6-4-3-5-7-18/h3-9,14,23H,10-13,15H2,1-2H3,(H,26,29)/t23-/m1/s1. The van der Waals surface area contributed by atoms with Gasteiger partial charge in [0.1, 0.15) is 5.82 Å². The Bertz CT molecular complexity index is 1010. The van der Waals surface area contributed by atoms with Crippen molar-refractivity contribution in [3.05, 3.63) is 71.0 Å². The number of hydrogen-bond acceptors (Lipinski definition) is 5. The normalized spacial score (nSPS) is 19.5. The van der Waals surface area contributed by atoms with Gasteiger partial charge in [-0.05, 0) is 30.2 Å². The molecule has 0 saturated carbocycles. The van der Waals surface area contributed by atoms with Gasteiger partial charge in [-0.3, -0.25) is 9.69 Å². The van der Waals surface area contributed by atoms with Crippen molar-refractivity contribution < 1.29 is 18.7 Å². The van der Waals surface area contributed by atoms with Gasteiger partial charge in [-0.1, -0.05) is 36.4 Å². The lowest BCUT2D eigenvalue weighted by Crippen LogP contribution is -2.46. The van der Waals surface area contributed by atoms with Crippen LogP contribution < -0.4 is 10.2 Å². The molecule has 162 valence electrons. The molecular weight excluding hydrogens is 397 g/mol. The molecule has 0 radical (unpaired) electrons. The van der Waals surface area contributed by atoms with Crippen LogP contribution in [-0.4, -0.2) is 49.2 Å². The van der Waals surface area contributed by atoms with E-state index in [0.29, 0.717) is 22.4 Å². The van der Waals surface area contributed by atoms with Crippen LogP contribution in [0.2, 0.25) is 0 Å². The van der Waals surface area contributed by atoms with Crippen molar-refractivity contribution in [3.63, 3.8) is 0 Å². The van der Waals surface area contributed by atoms with Crippen molar-refractivity contribution in [1.82, 2.24) is 10.2 Å². The van der Waals surface area contributed by atoms with Crippen LogP contribution in [0.5, 0.6) is 0 Å². The Morgan fingerprint density at radius 3 is 2.48 bits per heavy atom. The maximum absolute atomic E-state index is 15.0. The summed E-state index contributed by atoms with van der Waals surface area (Å²) in [5.74, 6) is -1.23. The van der Waals surface area contributed by atoms with E-state index in [9.17, 15) is 14.0 Å². The summed E-state index contributed by atoms with van der Waals surface area (Å²) in [5, 5.41) is 2.57. The van der Waals surface area contributed by atoms with Crippen LogP contribution in [0.4, 0.5) is 10.1 Å². The molecule has 2 aromatic carbocycles. The zero-order valence-corrected chi connectivity index (χ0v) is 17.7. The zero-order valence-electron chi connectivity index (χ0n) is 17.7. The minimum absolute atomic E-state index is 0.300. The van der Waals surface area contributed by atoms with E-state index in [1.165, 1.54) is 18.6 Å². The fourth-order valence-corrected chi connectivity index (χ4v) is 4.12. The summed E-state index contributed by atoms with van der Waals surface area (Å²) >= 11 is 0. The second kappa shape index (κ2) is 8.89. The molecule has 0 spiro atoms. The first kappa shape index (κ1) is 21.1. The molecule has 0 unspecified atom stereocenters. The molecule has 31 heavy (non-hydrogen) atoms. The average molecular weight is 423 g/mol. The van der Waals surface area contributed by atoms with Crippen LogP contribution in [0.3, 0.4) is 0 Å². The monoisotopic (exact) mass is 423 g/mol. The quantitative estimate of drug-likeness (QED) is 0.750. The van der Waals surface area contributed by atoms with Gasteiger partial charge < -0.3 is 15.0 Å². The number of carbonyl (C=O) groups excluding carboxylic acids is 2. The Labute approximate surface area is 181 Å². The maximum atomic E-state index is 15.0. The highest BCUT2D eigenvalue weighted by Crippen LogP contribution is 2.32. The van der Waals surface area contributed by atoms with Crippen molar-refractivity contribution in [2.75, 3.05) is 31.1 Å². The van der Waals surface area contributed by atoms with Crippen LogP contribution in [0.15, 0.2) is 54.1 Å². The van der Waals surface area contributed by atoms with E-state index in [4.69, 9.17) is 4.74 Å². The molecule has 2 aliphatic heterocycles. The van der Waals surface area contributed by atoms with Gasteiger partial charge in [0, 0.05) is 45.2 Å². The number of cyclic esters (lactones) is 1. The summed E-state index contributed by atoms with van der Waals surface area (Å²) in [5.41, 5.74) is 3.14. The van der Waals surface area contributed by atoms with E-state index >= 15 is 0 Å². The molecule has 2 aliphatic rings. The molecule has 0 aliphatic carbocycles. The number of rotatable bonds is 5. The summed E-state index contributed by atoms with van der Waals surface area (Å²) < 4.78 is 20.2. The van der Waals surface area contributed by atoms with E-state index in [2.05, 4.69) is 22.3 Å². The van der Waals surface area contributed by atoms with Gasteiger partial charge in [0.2, 0.25) is 5.91 Å². The van der Waals surface area contributed by atoms with Gasteiger partial charge in [0.05, 0.1) is 11.3 Å². The third-order valence-corrected chi connectivity index (χ3v) is 5.75. The van der Waals surface area contributed by atoms with E-state index in [0.717, 1.165) is 32.7 Å². The van der Waals surface area contributed by atoms with Gasteiger partial charge in [0.15, 0.2) is 6.23 Å². The number of nitrogens with one attached hydrogen (secondary N) is 1. The highest BCUT2D eigenvalue weighted by atomic mass is 19.1. The van der Waals surface area contributed by atoms with Crippen LogP contribution in [-0.2, 0) is 20.9 Å². The number of hydrogen-bond donors (Lipinski definition) is 1. The molecule has 1 atom stereocenters. The summed E-state index contributed by atoms with van der Waals surface area (Å²) in [4.78, 5) is 28.0. The Morgan fingerprint density at radius 2 is 1.84 bits per heavy atom. The van der Waals surface area contributed by atoms with Gasteiger partial charge in [-0.25, -0.2) is 9.18 Å². The highest BCUT2D eigenvalue weighted by Gasteiger charge is 2.33. The summed E-state index contributed by atoms with van der Waals surface area (Å²) in [6.45, 7) is 7.12. The van der Waals surface area contributed by atoms with Crippen LogP contribution in [0.1, 0.15) is 25.0 Å². The van der Waals surface area contributed by atoms with Crippen molar-refractivity contribution in [2.45, 2.75) is 26.6 Å². The number of anilines is 1. The van der Waals surface area contributed by atoms with Crippen molar-refractivity contribution >= 4 is 23.1 Å². The van der Waals surface area contributed by atoms with Crippen molar-refractivity contribution in [2.24, 2.45) is 0 Å². The fraction of sp³-hybridized carbons (Fsp3) is 0.333. The number of halogens is 1. The first-order valence-corrected chi connectivity index (χ1v) is 10.4. The van der Waals surface area contributed by atoms with Gasteiger partial charge in [-0.15, -0.1) is 0 Å². The zero-order chi connectivity index (χ0) is 22.0. The number of esters is 1. The fourth-order valence-electron chi connectivity index (χ4n) is 4.12. The lowest BCUT2D eigenvalue weighted by Gasteiger charge is -2.36. The molecule has 6 nitrogen and oxygen atoms in total. The van der Waals surface area contributed by atoms with Crippen LogP contribution >= 0.6 is 0 Å². The van der Waals surface area contributed by atoms with E-state index in [-0.39, 0.29) is 11.7 Å². The molecule has 7 heteroatoms. The predicted octanol–water partition coefficient (Wildman–Crippen LogP) is 2.94. The molecule has 1 saturated heterocycles. The third-order valence-electron chi connectivity index (χ3n) is 5.75.